The summed E-state index contributed by atoms with van der Waals surface area (Å²) >= 11 is 7.06. The van der Waals surface area contributed by atoms with Gasteiger partial charge in [-0.2, -0.15) is 0 Å². The molecule has 5 aromatic carbocycles. The van der Waals surface area contributed by atoms with Crippen LogP contribution >= 0.6 is 11.6 Å². The summed E-state index contributed by atoms with van der Waals surface area (Å²) < 4.78 is 0. The van der Waals surface area contributed by atoms with Gasteiger partial charge in [0.2, 0.25) is 17.2 Å². The zero-order chi connectivity index (χ0) is 40.2. The van der Waals surface area contributed by atoms with Crippen LogP contribution in [0.4, 0.5) is 17.1 Å². The summed E-state index contributed by atoms with van der Waals surface area (Å²) in [7, 11) is 0. The van der Waals surface area contributed by atoms with E-state index in [4.69, 9.17) is 11.6 Å². The Balaban J connectivity index is 1.64. The summed E-state index contributed by atoms with van der Waals surface area (Å²) in [6, 6.07) is 23.1. The molecule has 0 bridgehead atoms. The van der Waals surface area contributed by atoms with Gasteiger partial charge in [-0.25, -0.2) is 0 Å². The Morgan fingerprint density at radius 3 is 1.56 bits per heavy atom. The van der Waals surface area contributed by atoms with Gasteiger partial charge in [0, 0.05) is 22.0 Å². The van der Waals surface area contributed by atoms with Crippen molar-refractivity contribution >= 4 is 28.7 Å². The highest BCUT2D eigenvalue weighted by Gasteiger charge is 2.41. The lowest BCUT2D eigenvalue weighted by molar-refractivity contribution is 0.329. The van der Waals surface area contributed by atoms with Crippen LogP contribution < -0.4 is 4.90 Å². The number of phenols is 5. The molecule has 0 radical (unpaired) electrons. The fourth-order valence-corrected chi connectivity index (χ4v) is 9.30. The Labute approximate surface area is 330 Å². The highest BCUT2D eigenvalue weighted by Crippen LogP contribution is 2.60. The second-order valence-corrected chi connectivity index (χ2v) is 19.1. The number of nitrogens with zero attached hydrogens (tertiary/aromatic N) is 1. The number of fused-ring (bicyclic) bond motifs is 2. The number of hydrogen-bond acceptors (Lipinski definition) is 6. The molecule has 288 valence electrons. The van der Waals surface area contributed by atoms with Gasteiger partial charge >= 0.3 is 0 Å². The van der Waals surface area contributed by atoms with E-state index in [2.05, 4.69) is 123 Å². The summed E-state index contributed by atoms with van der Waals surface area (Å²) in [5.41, 5.74) is 10.7. The number of aryl methyl sites for hydroxylation is 2. The standard InChI is InChI=1S/C48H54ClNO5/c1-26-11-13-32(27(2)19-26)28-20-29(49)22-31(21-28)50(30-12-14-34-35(23-30)46(5,6)16-15-45(34,3)4)38-25-37-36(47(7,8)17-18-48(37,9)10)24-33(38)39-40(51)42(53)44(55)43(54)41(39)52/h11-14,19-25,51-55H,15-18H2,1-10H3. The van der Waals surface area contributed by atoms with Crippen molar-refractivity contribution in [3.05, 3.63) is 105 Å². The van der Waals surface area contributed by atoms with E-state index in [0.29, 0.717) is 16.3 Å². The van der Waals surface area contributed by atoms with E-state index in [0.717, 1.165) is 70.4 Å². The molecule has 0 heterocycles. The van der Waals surface area contributed by atoms with Crippen LogP contribution in [0.1, 0.15) is 114 Å². The van der Waals surface area contributed by atoms with Crippen LogP contribution in [0, 0.1) is 13.8 Å². The number of aromatic hydroxyl groups is 5. The second-order valence-electron chi connectivity index (χ2n) is 18.7. The number of benzene rings is 5. The first-order valence-electron chi connectivity index (χ1n) is 19.3. The monoisotopic (exact) mass is 759 g/mol. The minimum atomic E-state index is -0.996. The van der Waals surface area contributed by atoms with E-state index >= 15 is 0 Å². The first-order valence-corrected chi connectivity index (χ1v) is 19.6. The number of rotatable bonds is 5. The van der Waals surface area contributed by atoms with Crippen molar-refractivity contribution in [2.24, 2.45) is 0 Å². The summed E-state index contributed by atoms with van der Waals surface area (Å²) in [5.74, 6) is -4.31. The van der Waals surface area contributed by atoms with Crippen molar-refractivity contribution in [2.45, 2.75) is 117 Å². The molecule has 0 amide bonds. The van der Waals surface area contributed by atoms with Crippen molar-refractivity contribution in [1.29, 1.82) is 0 Å². The van der Waals surface area contributed by atoms with Gasteiger partial charge in [0.25, 0.3) is 0 Å². The Hall–Kier alpha value is -4.81. The molecule has 0 aromatic heterocycles. The molecule has 5 N–H and O–H groups in total. The maximum Gasteiger partial charge on any atom is 0.208 e. The molecule has 0 atom stereocenters. The molecule has 0 spiro atoms. The smallest absolute Gasteiger partial charge is 0.208 e. The summed E-state index contributed by atoms with van der Waals surface area (Å²) in [6.45, 7) is 22.2. The van der Waals surface area contributed by atoms with Gasteiger partial charge in [-0.1, -0.05) is 96.8 Å². The highest BCUT2D eigenvalue weighted by molar-refractivity contribution is 6.31. The van der Waals surface area contributed by atoms with E-state index < -0.39 is 28.7 Å². The van der Waals surface area contributed by atoms with Crippen molar-refractivity contribution < 1.29 is 25.5 Å². The zero-order valence-corrected chi connectivity index (χ0v) is 34.5. The van der Waals surface area contributed by atoms with Crippen LogP contribution in [0.25, 0.3) is 22.3 Å². The van der Waals surface area contributed by atoms with E-state index in [1.807, 2.05) is 18.2 Å². The molecule has 0 unspecified atom stereocenters. The summed E-state index contributed by atoms with van der Waals surface area (Å²) in [4.78, 5) is 2.12. The number of halogens is 1. The molecule has 5 aromatic rings. The SMILES string of the molecule is Cc1ccc(-c2cc(Cl)cc(N(c3ccc4c(c3)C(C)(C)CCC4(C)C)c3cc4c(cc3-c3c(O)c(O)c(O)c(O)c3O)C(C)(C)CCC4(C)C)c2)c(C)c1. The maximum atomic E-state index is 11.6. The number of hydrogen-bond donors (Lipinski definition) is 5. The van der Waals surface area contributed by atoms with Gasteiger partial charge in [0.1, 0.15) is 0 Å². The van der Waals surface area contributed by atoms with Crippen LogP contribution in [0.5, 0.6) is 28.7 Å². The van der Waals surface area contributed by atoms with E-state index in [1.54, 1.807) is 0 Å². The van der Waals surface area contributed by atoms with Crippen molar-refractivity contribution in [1.82, 2.24) is 0 Å². The van der Waals surface area contributed by atoms with E-state index in [9.17, 15) is 25.5 Å². The molecule has 6 nitrogen and oxygen atoms in total. The minimum Gasteiger partial charge on any atom is -0.504 e. The molecule has 7 rings (SSSR count). The third kappa shape index (κ3) is 6.36. The topological polar surface area (TPSA) is 104 Å². The Morgan fingerprint density at radius 1 is 0.491 bits per heavy atom. The average Bonchev–Trinajstić information content (AvgIpc) is 3.11. The fourth-order valence-electron chi connectivity index (χ4n) is 9.07. The van der Waals surface area contributed by atoms with Gasteiger partial charge in [0.15, 0.2) is 11.5 Å². The lowest BCUT2D eigenvalue weighted by Gasteiger charge is -2.44. The molecular formula is C48H54ClNO5. The minimum absolute atomic E-state index is 0.0222. The largest absolute Gasteiger partial charge is 0.504 e. The lowest BCUT2D eigenvalue weighted by Crippen LogP contribution is -2.34. The predicted molar refractivity (Wildman–Crippen MR) is 225 cm³/mol. The first-order chi connectivity index (χ1) is 25.5. The molecule has 55 heavy (non-hydrogen) atoms. The summed E-state index contributed by atoms with van der Waals surface area (Å²) in [5, 5.41) is 56.0. The normalized spacial score (nSPS) is 17.7. The molecule has 0 saturated heterocycles. The lowest BCUT2D eigenvalue weighted by atomic mass is 9.62. The molecule has 7 heteroatoms. The van der Waals surface area contributed by atoms with Crippen LogP contribution in [-0.4, -0.2) is 25.5 Å². The van der Waals surface area contributed by atoms with Crippen LogP contribution in [0.15, 0.2) is 66.7 Å². The maximum absolute atomic E-state index is 11.6. The molecule has 2 aliphatic rings. The predicted octanol–water partition coefficient (Wildman–Crippen LogP) is 13.0. The van der Waals surface area contributed by atoms with Crippen LogP contribution in [0.3, 0.4) is 0 Å². The Morgan fingerprint density at radius 2 is 1.00 bits per heavy atom. The molecule has 0 fully saturated rings. The number of anilines is 3. The first kappa shape index (κ1) is 38.5. The zero-order valence-electron chi connectivity index (χ0n) is 33.7. The fraction of sp³-hybridized carbons (Fsp3) is 0.375. The van der Waals surface area contributed by atoms with E-state index in [-0.39, 0.29) is 27.2 Å². The van der Waals surface area contributed by atoms with Crippen molar-refractivity contribution in [2.75, 3.05) is 4.90 Å². The van der Waals surface area contributed by atoms with E-state index in [1.165, 1.54) is 11.1 Å². The second kappa shape index (κ2) is 12.9. The van der Waals surface area contributed by atoms with Gasteiger partial charge in [0.05, 0.1) is 11.3 Å². The van der Waals surface area contributed by atoms with Gasteiger partial charge in [-0.05, 0) is 143 Å². The van der Waals surface area contributed by atoms with Crippen molar-refractivity contribution in [3.63, 3.8) is 0 Å². The Bertz CT molecular complexity index is 2360. The van der Waals surface area contributed by atoms with Crippen LogP contribution in [-0.2, 0) is 21.7 Å². The molecule has 0 saturated carbocycles. The molecular weight excluding hydrogens is 706 g/mol. The molecule has 0 aliphatic heterocycles. The van der Waals surface area contributed by atoms with Gasteiger partial charge < -0.3 is 30.4 Å². The highest BCUT2D eigenvalue weighted by atomic mass is 35.5. The summed E-state index contributed by atoms with van der Waals surface area (Å²) in [6.07, 6.45) is 3.93. The van der Waals surface area contributed by atoms with Crippen molar-refractivity contribution in [3.8, 4) is 51.0 Å². The Kier molecular flexibility index (Phi) is 9.00. The van der Waals surface area contributed by atoms with Gasteiger partial charge in [-0.15, -0.1) is 0 Å². The third-order valence-electron chi connectivity index (χ3n) is 12.8. The number of phenolic OH excluding ortho intramolecular Hbond substituents is 5. The van der Waals surface area contributed by atoms with Gasteiger partial charge in [-0.3, -0.25) is 0 Å². The third-order valence-corrected chi connectivity index (χ3v) is 13.0. The molecule has 2 aliphatic carbocycles. The average molecular weight is 760 g/mol. The van der Waals surface area contributed by atoms with Crippen LogP contribution in [0.2, 0.25) is 5.02 Å². The quantitative estimate of drug-likeness (QED) is 0.0903.